The molecular weight excluding hydrogens is 160 g/mol. The van der Waals surface area contributed by atoms with Crippen molar-refractivity contribution in [2.45, 2.75) is 32.4 Å². The minimum absolute atomic E-state index is 0.0332. The Balaban J connectivity index is 2.65. The maximum atomic E-state index is 10.5. The van der Waals surface area contributed by atoms with Gasteiger partial charge in [-0.25, -0.2) is 5.21 Å². The van der Waals surface area contributed by atoms with Gasteiger partial charge in [-0.3, -0.25) is 10.1 Å². The van der Waals surface area contributed by atoms with E-state index in [9.17, 15) is 15.3 Å². The molecule has 1 rings (SSSR count). The van der Waals surface area contributed by atoms with E-state index in [1.807, 2.05) is 13.8 Å². The molecule has 0 aromatic carbocycles. The van der Waals surface area contributed by atoms with E-state index in [0.717, 1.165) is 0 Å². The Morgan fingerprint density at radius 3 is 2.67 bits per heavy atom. The molecule has 0 saturated carbocycles. The SMILES string of the molecule is CC1C([N+](=O)[O-])CC[NH+](O)C1C. The van der Waals surface area contributed by atoms with E-state index in [1.165, 1.54) is 0 Å². The van der Waals surface area contributed by atoms with Crippen molar-refractivity contribution < 1.29 is 15.2 Å². The summed E-state index contributed by atoms with van der Waals surface area (Å²) in [6.45, 7) is 4.15. The summed E-state index contributed by atoms with van der Waals surface area (Å²) in [6, 6.07) is -0.509. The summed E-state index contributed by atoms with van der Waals surface area (Å²) >= 11 is 0. The van der Waals surface area contributed by atoms with Crippen LogP contribution < -0.4 is 5.06 Å². The zero-order valence-corrected chi connectivity index (χ0v) is 7.36. The fourth-order valence-electron chi connectivity index (χ4n) is 1.72. The molecule has 0 spiro atoms. The van der Waals surface area contributed by atoms with Gasteiger partial charge in [0.25, 0.3) is 0 Å². The van der Waals surface area contributed by atoms with Gasteiger partial charge in [-0.05, 0) is 6.92 Å². The van der Waals surface area contributed by atoms with Gasteiger partial charge in [0, 0.05) is 4.92 Å². The molecule has 0 aromatic rings. The number of rotatable bonds is 1. The van der Waals surface area contributed by atoms with Gasteiger partial charge in [-0.1, -0.05) is 6.92 Å². The third-order valence-corrected chi connectivity index (χ3v) is 2.89. The second-order valence-corrected chi connectivity index (χ2v) is 3.53. The Bertz CT molecular complexity index is 185. The lowest BCUT2D eigenvalue weighted by molar-refractivity contribution is -1.11. The third kappa shape index (κ3) is 1.56. The van der Waals surface area contributed by atoms with Gasteiger partial charge in [0.2, 0.25) is 6.04 Å². The molecular formula is C7H15N2O3+. The Kier molecular flexibility index (Phi) is 2.64. The Labute approximate surface area is 71.1 Å². The van der Waals surface area contributed by atoms with Crippen LogP contribution in [0.3, 0.4) is 0 Å². The van der Waals surface area contributed by atoms with E-state index in [4.69, 9.17) is 0 Å². The van der Waals surface area contributed by atoms with Gasteiger partial charge >= 0.3 is 0 Å². The Morgan fingerprint density at radius 2 is 2.17 bits per heavy atom. The van der Waals surface area contributed by atoms with E-state index < -0.39 is 6.04 Å². The number of hydrogen-bond donors (Lipinski definition) is 2. The molecule has 0 aromatic heterocycles. The molecule has 1 heterocycles. The third-order valence-electron chi connectivity index (χ3n) is 2.89. The van der Waals surface area contributed by atoms with Gasteiger partial charge in [0.05, 0.1) is 12.3 Å². The van der Waals surface area contributed by atoms with Crippen molar-refractivity contribution in [1.29, 1.82) is 0 Å². The molecule has 1 aliphatic heterocycles. The van der Waals surface area contributed by atoms with E-state index in [0.29, 0.717) is 18.0 Å². The molecule has 5 heteroatoms. The summed E-state index contributed by atoms with van der Waals surface area (Å²) in [6.07, 6.45) is 0.477. The molecule has 1 aliphatic rings. The first-order valence-corrected chi connectivity index (χ1v) is 4.22. The Hall–Kier alpha value is -0.680. The van der Waals surface area contributed by atoms with Crippen molar-refractivity contribution in [2.75, 3.05) is 6.54 Å². The van der Waals surface area contributed by atoms with Crippen LogP contribution in [0.2, 0.25) is 0 Å². The quantitative estimate of drug-likeness (QED) is 0.410. The smallest absolute Gasteiger partial charge is 0.226 e. The van der Waals surface area contributed by atoms with Crippen LogP contribution in [0.4, 0.5) is 0 Å². The molecule has 4 atom stereocenters. The summed E-state index contributed by atoms with van der Waals surface area (Å²) in [4.78, 5) is 10.3. The fraction of sp³-hybridized carbons (Fsp3) is 1.00. The van der Waals surface area contributed by atoms with Crippen molar-refractivity contribution >= 4 is 0 Å². The average Bonchev–Trinajstić information content (AvgIpc) is 2.00. The molecule has 4 unspecified atom stereocenters. The van der Waals surface area contributed by atoms with Crippen molar-refractivity contribution in [3.8, 4) is 0 Å². The first-order valence-electron chi connectivity index (χ1n) is 4.22. The maximum absolute atomic E-state index is 10.5. The van der Waals surface area contributed by atoms with Crippen LogP contribution in [0.15, 0.2) is 0 Å². The standard InChI is InChI=1S/C7H14N2O3/c1-5-6(2)8(10)4-3-7(5)9(11)12/h5-7,10H,3-4H2,1-2H3/p+1. The molecule has 5 nitrogen and oxygen atoms in total. The highest BCUT2D eigenvalue weighted by atomic mass is 16.6. The lowest BCUT2D eigenvalue weighted by Crippen LogP contribution is -3.15. The van der Waals surface area contributed by atoms with E-state index >= 15 is 0 Å². The normalized spacial score (nSPS) is 42.6. The summed E-state index contributed by atoms with van der Waals surface area (Å²) in [7, 11) is 0. The monoisotopic (exact) mass is 175 g/mol. The number of nitrogens with zero attached hydrogens (tertiary/aromatic N) is 1. The highest BCUT2D eigenvalue weighted by Gasteiger charge is 2.42. The summed E-state index contributed by atoms with van der Waals surface area (Å²) in [5.41, 5.74) is 0. The van der Waals surface area contributed by atoms with Crippen molar-refractivity contribution in [3.05, 3.63) is 10.1 Å². The number of hydrogen-bond acceptors (Lipinski definition) is 3. The number of hydroxylamine groups is 2. The maximum Gasteiger partial charge on any atom is 0.226 e. The fourth-order valence-corrected chi connectivity index (χ4v) is 1.72. The molecule has 0 amide bonds. The van der Waals surface area contributed by atoms with Crippen LogP contribution in [0, 0.1) is 16.0 Å². The predicted molar refractivity (Wildman–Crippen MR) is 41.6 cm³/mol. The van der Waals surface area contributed by atoms with Crippen molar-refractivity contribution in [2.24, 2.45) is 5.92 Å². The first-order chi connectivity index (χ1) is 5.54. The first kappa shape index (κ1) is 9.41. The molecule has 0 aliphatic carbocycles. The summed E-state index contributed by atoms with van der Waals surface area (Å²) < 4.78 is 0. The largest absolute Gasteiger partial charge is 0.264 e. The molecule has 70 valence electrons. The van der Waals surface area contributed by atoms with E-state index in [-0.39, 0.29) is 16.9 Å². The highest BCUT2D eigenvalue weighted by molar-refractivity contribution is 4.72. The van der Waals surface area contributed by atoms with Crippen LogP contribution in [-0.2, 0) is 0 Å². The number of quaternary nitrogens is 1. The van der Waals surface area contributed by atoms with E-state index in [2.05, 4.69) is 0 Å². The van der Waals surface area contributed by atoms with Crippen molar-refractivity contribution in [1.82, 2.24) is 0 Å². The van der Waals surface area contributed by atoms with Crippen LogP contribution in [-0.4, -0.2) is 28.8 Å². The van der Waals surface area contributed by atoms with Crippen LogP contribution >= 0.6 is 0 Å². The second kappa shape index (κ2) is 3.37. The van der Waals surface area contributed by atoms with Gasteiger partial charge in [0.15, 0.2) is 0 Å². The second-order valence-electron chi connectivity index (χ2n) is 3.53. The average molecular weight is 175 g/mol. The minimum atomic E-state index is -0.476. The van der Waals surface area contributed by atoms with Crippen molar-refractivity contribution in [3.63, 3.8) is 0 Å². The number of piperidine rings is 1. The minimum Gasteiger partial charge on any atom is -0.264 e. The molecule has 12 heavy (non-hydrogen) atoms. The Morgan fingerprint density at radius 1 is 1.58 bits per heavy atom. The molecule has 0 bridgehead atoms. The topological polar surface area (TPSA) is 67.8 Å². The van der Waals surface area contributed by atoms with Gasteiger partial charge < -0.3 is 0 Å². The molecule has 0 radical (unpaired) electrons. The van der Waals surface area contributed by atoms with Crippen LogP contribution in [0.1, 0.15) is 20.3 Å². The van der Waals surface area contributed by atoms with Gasteiger partial charge in [0.1, 0.15) is 12.6 Å². The molecule has 1 saturated heterocycles. The number of nitro groups is 1. The summed E-state index contributed by atoms with van der Waals surface area (Å²) in [5, 5.41) is 20.3. The summed E-state index contributed by atoms with van der Waals surface area (Å²) in [5.74, 6) is -0.0475. The number of nitrogens with one attached hydrogen (secondary N) is 1. The van der Waals surface area contributed by atoms with E-state index in [1.54, 1.807) is 0 Å². The zero-order chi connectivity index (χ0) is 9.30. The zero-order valence-electron chi connectivity index (χ0n) is 7.36. The van der Waals surface area contributed by atoms with Crippen LogP contribution in [0.25, 0.3) is 0 Å². The lowest BCUT2D eigenvalue weighted by atomic mass is 9.89. The lowest BCUT2D eigenvalue weighted by Gasteiger charge is -2.30. The molecule has 2 N–H and O–H groups in total. The van der Waals surface area contributed by atoms with Gasteiger partial charge in [-0.2, -0.15) is 5.06 Å². The highest BCUT2D eigenvalue weighted by Crippen LogP contribution is 2.15. The van der Waals surface area contributed by atoms with Crippen LogP contribution in [0.5, 0.6) is 0 Å². The molecule has 1 fully saturated rings. The predicted octanol–water partition coefficient (Wildman–Crippen LogP) is -0.666. The van der Waals surface area contributed by atoms with Gasteiger partial charge in [-0.15, -0.1) is 0 Å².